The number of piperazine rings is 1. The minimum atomic E-state index is -0.255. The first-order valence-electron chi connectivity index (χ1n) is 10.8. The van der Waals surface area contributed by atoms with Crippen LogP contribution in [0.15, 0.2) is 73.2 Å². The third kappa shape index (κ3) is 3.99. The van der Waals surface area contributed by atoms with Crippen molar-refractivity contribution in [1.29, 1.82) is 0 Å². The minimum absolute atomic E-state index is 0.149. The molecule has 162 valence electrons. The molecular formula is C25H25FN6. The normalized spacial score (nSPS) is 15.6. The average molecular weight is 429 g/mol. The quantitative estimate of drug-likeness (QED) is 0.516. The Labute approximate surface area is 186 Å². The smallest absolute Gasteiger partial charge is 0.155 e. The van der Waals surface area contributed by atoms with Crippen LogP contribution in [0.1, 0.15) is 22.9 Å². The Morgan fingerprint density at radius 1 is 0.906 bits per heavy atom. The molecule has 2 aromatic carbocycles. The van der Waals surface area contributed by atoms with E-state index in [0.717, 1.165) is 48.9 Å². The number of aromatic amines is 1. The number of nitrogens with zero attached hydrogens (tertiary/aromatic N) is 5. The van der Waals surface area contributed by atoms with Crippen molar-refractivity contribution >= 4 is 5.82 Å². The number of halogens is 1. The summed E-state index contributed by atoms with van der Waals surface area (Å²) in [6, 6.07) is 17.2. The van der Waals surface area contributed by atoms with Crippen LogP contribution in [0.25, 0.3) is 11.3 Å². The summed E-state index contributed by atoms with van der Waals surface area (Å²) >= 11 is 0. The molecule has 1 unspecified atom stereocenters. The fourth-order valence-corrected chi connectivity index (χ4v) is 4.42. The minimum Gasteiger partial charge on any atom is -0.352 e. The van der Waals surface area contributed by atoms with Crippen molar-refractivity contribution in [2.45, 2.75) is 13.0 Å². The molecule has 5 rings (SSSR count). The second-order valence-electron chi connectivity index (χ2n) is 8.02. The van der Waals surface area contributed by atoms with Gasteiger partial charge in [0.1, 0.15) is 11.5 Å². The van der Waals surface area contributed by atoms with Gasteiger partial charge in [-0.2, -0.15) is 5.10 Å². The first-order valence-corrected chi connectivity index (χ1v) is 10.8. The number of aromatic nitrogens is 4. The molecule has 1 aliphatic rings. The topological polar surface area (TPSA) is 60.9 Å². The number of benzene rings is 2. The maximum absolute atomic E-state index is 13.4. The van der Waals surface area contributed by atoms with Gasteiger partial charge in [-0.25, -0.2) is 9.37 Å². The summed E-state index contributed by atoms with van der Waals surface area (Å²) in [6.45, 7) is 5.48. The molecule has 32 heavy (non-hydrogen) atoms. The lowest BCUT2D eigenvalue weighted by atomic mass is 9.97. The lowest BCUT2D eigenvalue weighted by molar-refractivity contribution is 0.211. The lowest BCUT2D eigenvalue weighted by Gasteiger charge is -2.40. The van der Waals surface area contributed by atoms with Crippen molar-refractivity contribution in [2.75, 3.05) is 31.1 Å². The van der Waals surface area contributed by atoms with Gasteiger partial charge >= 0.3 is 0 Å². The van der Waals surface area contributed by atoms with Crippen LogP contribution in [0.3, 0.4) is 0 Å². The third-order valence-electron chi connectivity index (χ3n) is 6.05. The van der Waals surface area contributed by atoms with Crippen molar-refractivity contribution in [3.05, 3.63) is 95.8 Å². The summed E-state index contributed by atoms with van der Waals surface area (Å²) < 4.78 is 13.4. The van der Waals surface area contributed by atoms with Gasteiger partial charge in [-0.1, -0.05) is 30.3 Å². The molecule has 2 aromatic heterocycles. The second kappa shape index (κ2) is 8.88. The molecule has 0 aliphatic carbocycles. The Morgan fingerprint density at radius 2 is 1.62 bits per heavy atom. The van der Waals surface area contributed by atoms with Gasteiger partial charge in [0.25, 0.3) is 0 Å². The van der Waals surface area contributed by atoms with E-state index in [2.05, 4.69) is 61.2 Å². The van der Waals surface area contributed by atoms with E-state index in [-0.39, 0.29) is 11.9 Å². The number of H-pyrrole nitrogens is 1. The number of hydrogen-bond donors (Lipinski definition) is 1. The van der Waals surface area contributed by atoms with Gasteiger partial charge in [0.2, 0.25) is 0 Å². The van der Waals surface area contributed by atoms with E-state index in [0.29, 0.717) is 0 Å². The van der Waals surface area contributed by atoms with E-state index in [1.165, 1.54) is 23.3 Å². The zero-order valence-electron chi connectivity index (χ0n) is 17.9. The molecule has 7 heteroatoms. The van der Waals surface area contributed by atoms with Crippen molar-refractivity contribution in [2.24, 2.45) is 0 Å². The van der Waals surface area contributed by atoms with Gasteiger partial charge in [-0.3, -0.25) is 15.0 Å². The Kier molecular flexibility index (Phi) is 5.64. The molecule has 1 fully saturated rings. The van der Waals surface area contributed by atoms with Crippen molar-refractivity contribution < 1.29 is 4.39 Å². The van der Waals surface area contributed by atoms with Crippen LogP contribution in [0.4, 0.5) is 10.2 Å². The van der Waals surface area contributed by atoms with Crippen LogP contribution in [0.5, 0.6) is 0 Å². The van der Waals surface area contributed by atoms with E-state index in [1.807, 2.05) is 12.3 Å². The summed E-state index contributed by atoms with van der Waals surface area (Å²) in [7, 11) is 0. The van der Waals surface area contributed by atoms with Crippen molar-refractivity contribution in [1.82, 2.24) is 25.1 Å². The number of anilines is 1. The molecule has 0 bridgehead atoms. The van der Waals surface area contributed by atoms with Gasteiger partial charge in [0.05, 0.1) is 12.2 Å². The highest BCUT2D eigenvalue weighted by Crippen LogP contribution is 2.33. The first kappa shape index (κ1) is 20.3. The summed E-state index contributed by atoms with van der Waals surface area (Å²) in [4.78, 5) is 14.0. The van der Waals surface area contributed by atoms with Gasteiger partial charge in [-0.05, 0) is 36.8 Å². The van der Waals surface area contributed by atoms with E-state index in [9.17, 15) is 4.39 Å². The number of rotatable bonds is 5. The van der Waals surface area contributed by atoms with Crippen LogP contribution in [-0.2, 0) is 0 Å². The molecule has 0 spiro atoms. The Morgan fingerprint density at radius 3 is 2.31 bits per heavy atom. The number of hydrogen-bond acceptors (Lipinski definition) is 5. The summed E-state index contributed by atoms with van der Waals surface area (Å²) in [5, 5.41) is 7.36. The maximum atomic E-state index is 13.4. The predicted octanol–water partition coefficient (Wildman–Crippen LogP) is 4.23. The molecule has 1 atom stereocenters. The Hall–Kier alpha value is -3.58. The third-order valence-corrected chi connectivity index (χ3v) is 6.05. The molecule has 6 nitrogen and oxygen atoms in total. The highest BCUT2D eigenvalue weighted by Gasteiger charge is 2.29. The molecule has 1 saturated heterocycles. The zero-order valence-corrected chi connectivity index (χ0v) is 17.9. The fraction of sp³-hybridized carbons (Fsp3) is 0.240. The maximum Gasteiger partial charge on any atom is 0.155 e. The SMILES string of the molecule is Cc1[nH]ncc1C(c1ccccc1)N1CCN(c2nccnc2-c2ccc(F)cc2)CC1. The summed E-state index contributed by atoms with van der Waals surface area (Å²) in [5.74, 6) is 0.587. The zero-order chi connectivity index (χ0) is 21.9. The monoisotopic (exact) mass is 428 g/mol. The highest BCUT2D eigenvalue weighted by molar-refractivity contribution is 5.72. The highest BCUT2D eigenvalue weighted by atomic mass is 19.1. The van der Waals surface area contributed by atoms with E-state index < -0.39 is 0 Å². The largest absolute Gasteiger partial charge is 0.352 e. The van der Waals surface area contributed by atoms with Gasteiger partial charge in [0, 0.05) is 55.4 Å². The van der Waals surface area contributed by atoms with E-state index in [4.69, 9.17) is 0 Å². The van der Waals surface area contributed by atoms with Crippen LogP contribution >= 0.6 is 0 Å². The van der Waals surface area contributed by atoms with E-state index >= 15 is 0 Å². The molecule has 0 saturated carbocycles. The van der Waals surface area contributed by atoms with Crippen LogP contribution in [-0.4, -0.2) is 51.2 Å². The molecule has 0 amide bonds. The number of nitrogens with one attached hydrogen (secondary N) is 1. The molecule has 4 aromatic rings. The Balaban J connectivity index is 1.39. The molecule has 1 N–H and O–H groups in total. The Bertz CT molecular complexity index is 1170. The molecule has 1 aliphatic heterocycles. The van der Waals surface area contributed by atoms with Gasteiger partial charge < -0.3 is 4.90 Å². The second-order valence-corrected chi connectivity index (χ2v) is 8.02. The number of aryl methyl sites for hydroxylation is 1. The van der Waals surface area contributed by atoms with Crippen LogP contribution in [0, 0.1) is 12.7 Å². The predicted molar refractivity (Wildman–Crippen MR) is 123 cm³/mol. The standard InChI is InChI=1S/C25H25FN6/c1-18-22(17-29-30-18)24(20-5-3-2-4-6-20)31-13-15-32(16-14-31)25-23(27-11-12-28-25)19-7-9-21(26)10-8-19/h2-12,17,24H,13-16H2,1H3,(H,29,30). The van der Waals surface area contributed by atoms with Crippen molar-refractivity contribution in [3.8, 4) is 11.3 Å². The van der Waals surface area contributed by atoms with Crippen LogP contribution in [0.2, 0.25) is 0 Å². The summed E-state index contributed by atoms with van der Waals surface area (Å²) in [5.41, 5.74) is 5.21. The van der Waals surface area contributed by atoms with Gasteiger partial charge in [0.15, 0.2) is 5.82 Å². The molecule has 0 radical (unpaired) electrons. The molecular weight excluding hydrogens is 403 g/mol. The lowest BCUT2D eigenvalue weighted by Crippen LogP contribution is -2.48. The van der Waals surface area contributed by atoms with Gasteiger partial charge in [-0.15, -0.1) is 0 Å². The van der Waals surface area contributed by atoms with E-state index in [1.54, 1.807) is 24.5 Å². The summed E-state index contributed by atoms with van der Waals surface area (Å²) in [6.07, 6.45) is 5.34. The first-order chi connectivity index (χ1) is 15.7. The average Bonchev–Trinajstić information content (AvgIpc) is 3.26. The van der Waals surface area contributed by atoms with Crippen LogP contribution < -0.4 is 4.90 Å². The fourth-order valence-electron chi connectivity index (χ4n) is 4.42. The van der Waals surface area contributed by atoms with Crippen molar-refractivity contribution in [3.63, 3.8) is 0 Å². The molecule has 3 heterocycles.